The fraction of sp³-hybridized carbons (Fsp3) is 0.435. The van der Waals surface area contributed by atoms with Gasteiger partial charge in [-0.25, -0.2) is 9.18 Å². The van der Waals surface area contributed by atoms with Crippen molar-refractivity contribution in [2.24, 2.45) is 0 Å². The first-order valence-corrected chi connectivity index (χ1v) is 10.9. The highest BCUT2D eigenvalue weighted by atomic mass is 19.1. The fourth-order valence-electron chi connectivity index (χ4n) is 4.74. The van der Waals surface area contributed by atoms with E-state index in [1.165, 1.54) is 30.0 Å². The van der Waals surface area contributed by atoms with Crippen molar-refractivity contribution in [3.63, 3.8) is 0 Å². The van der Waals surface area contributed by atoms with Gasteiger partial charge in [-0.1, -0.05) is 18.2 Å². The number of anilines is 2. The molecule has 2 aromatic carbocycles. The Morgan fingerprint density at radius 3 is 2.47 bits per heavy atom. The first kappa shape index (κ1) is 21.1. The number of aliphatic hydroxyl groups excluding tert-OH is 1. The smallest absolute Gasteiger partial charge is 0.319 e. The molecular weight excluding hydrogens is 415 g/mol. The third kappa shape index (κ3) is 4.29. The van der Waals surface area contributed by atoms with Gasteiger partial charge in [-0.15, -0.1) is 0 Å². The zero-order valence-electron chi connectivity index (χ0n) is 17.6. The van der Waals surface area contributed by atoms with Gasteiger partial charge in [-0.3, -0.25) is 4.90 Å². The summed E-state index contributed by atoms with van der Waals surface area (Å²) >= 11 is 0. The highest BCUT2D eigenvalue weighted by Crippen LogP contribution is 2.32. The summed E-state index contributed by atoms with van der Waals surface area (Å²) in [7, 11) is 0. The maximum Gasteiger partial charge on any atom is 0.319 e. The number of nitrogens with one attached hydrogen (secondary N) is 2. The Bertz CT molecular complexity index is 923. The number of amides is 2. The van der Waals surface area contributed by atoms with Crippen LogP contribution >= 0.6 is 0 Å². The number of hydrogen-bond acceptors (Lipinski definition) is 6. The Morgan fingerprint density at radius 1 is 1.03 bits per heavy atom. The molecule has 2 aromatic rings. The standard InChI is InChI=1S/C23H27FN4O4/c24-15-6-8-16(9-7-15)25-23(30)26-19-18-14-31-22(32-18)20(21(19)29)28-12-10-27(11-13-28)17-4-2-1-3-5-17/h1-9,18-22,29H,10-14H2,(H2,25,26,30)/t18-,19+,20-,21-,22+/m0/s1. The number of carbonyl (C=O) groups is 1. The van der Waals surface area contributed by atoms with E-state index in [4.69, 9.17) is 9.47 Å². The number of halogens is 1. The van der Waals surface area contributed by atoms with Gasteiger partial charge in [-0.2, -0.15) is 0 Å². The molecule has 0 spiro atoms. The third-order valence-electron chi connectivity index (χ3n) is 6.39. The van der Waals surface area contributed by atoms with Gasteiger partial charge in [0.25, 0.3) is 0 Å². The van der Waals surface area contributed by atoms with Crippen LogP contribution < -0.4 is 15.5 Å². The molecule has 5 rings (SSSR count). The van der Waals surface area contributed by atoms with Gasteiger partial charge in [0.2, 0.25) is 0 Å². The number of aliphatic hydroxyl groups is 1. The van der Waals surface area contributed by atoms with E-state index in [0.717, 1.165) is 26.2 Å². The molecule has 2 amide bonds. The zero-order valence-corrected chi connectivity index (χ0v) is 17.6. The molecule has 3 saturated heterocycles. The maximum absolute atomic E-state index is 13.1. The summed E-state index contributed by atoms with van der Waals surface area (Å²) in [6.07, 6.45) is -1.78. The van der Waals surface area contributed by atoms with Crippen LogP contribution in [0.15, 0.2) is 54.6 Å². The summed E-state index contributed by atoms with van der Waals surface area (Å²) in [5, 5.41) is 16.7. The molecule has 3 fully saturated rings. The van der Waals surface area contributed by atoms with Crippen molar-refractivity contribution in [1.29, 1.82) is 0 Å². The minimum atomic E-state index is -0.844. The number of ether oxygens (including phenoxy) is 2. The van der Waals surface area contributed by atoms with Gasteiger partial charge >= 0.3 is 6.03 Å². The van der Waals surface area contributed by atoms with Crippen molar-refractivity contribution in [1.82, 2.24) is 10.2 Å². The average Bonchev–Trinajstić information content (AvgIpc) is 3.25. The summed E-state index contributed by atoms with van der Waals surface area (Å²) < 4.78 is 24.9. The molecule has 32 heavy (non-hydrogen) atoms. The van der Waals surface area contributed by atoms with Gasteiger partial charge in [0.15, 0.2) is 6.29 Å². The third-order valence-corrected chi connectivity index (χ3v) is 6.39. The van der Waals surface area contributed by atoms with E-state index in [0.29, 0.717) is 12.3 Å². The lowest BCUT2D eigenvalue weighted by atomic mass is 9.94. The largest absolute Gasteiger partial charge is 0.389 e. The van der Waals surface area contributed by atoms with Crippen LogP contribution in [0.2, 0.25) is 0 Å². The van der Waals surface area contributed by atoms with E-state index in [2.05, 4.69) is 32.6 Å². The summed E-state index contributed by atoms with van der Waals surface area (Å²) in [4.78, 5) is 17.0. The first-order valence-electron chi connectivity index (χ1n) is 10.9. The number of carbonyl (C=O) groups excluding carboxylic acids is 1. The van der Waals surface area contributed by atoms with Gasteiger partial charge in [-0.05, 0) is 36.4 Å². The van der Waals surface area contributed by atoms with E-state index in [9.17, 15) is 14.3 Å². The van der Waals surface area contributed by atoms with Crippen molar-refractivity contribution >= 4 is 17.4 Å². The molecule has 5 atom stereocenters. The molecule has 0 radical (unpaired) electrons. The lowest BCUT2D eigenvalue weighted by Crippen LogP contribution is -2.67. The number of benzene rings is 2. The van der Waals surface area contributed by atoms with E-state index in [1.807, 2.05) is 18.2 Å². The predicted molar refractivity (Wildman–Crippen MR) is 117 cm³/mol. The predicted octanol–water partition coefficient (Wildman–Crippen LogP) is 1.62. The van der Waals surface area contributed by atoms with Crippen LogP contribution in [0.1, 0.15) is 0 Å². The van der Waals surface area contributed by atoms with Crippen LogP contribution in [0, 0.1) is 5.82 Å². The lowest BCUT2D eigenvalue weighted by molar-refractivity contribution is -0.181. The van der Waals surface area contributed by atoms with E-state index in [1.54, 1.807) is 0 Å². The zero-order chi connectivity index (χ0) is 22.1. The van der Waals surface area contributed by atoms with Crippen LogP contribution in [-0.2, 0) is 9.47 Å². The Balaban J connectivity index is 1.22. The second kappa shape index (κ2) is 9.03. The van der Waals surface area contributed by atoms with Gasteiger partial charge in [0.05, 0.1) is 24.8 Å². The minimum absolute atomic E-state index is 0.309. The number of piperazine rings is 1. The fourth-order valence-corrected chi connectivity index (χ4v) is 4.74. The summed E-state index contributed by atoms with van der Waals surface area (Å²) in [6, 6.07) is 14.3. The Labute approximate surface area is 185 Å². The van der Waals surface area contributed by atoms with Crippen LogP contribution in [0.4, 0.5) is 20.6 Å². The van der Waals surface area contributed by atoms with Gasteiger partial charge in [0, 0.05) is 37.6 Å². The second-order valence-corrected chi connectivity index (χ2v) is 8.35. The van der Waals surface area contributed by atoms with Crippen molar-refractivity contribution in [2.45, 2.75) is 30.6 Å². The Morgan fingerprint density at radius 2 is 1.75 bits per heavy atom. The molecule has 3 aliphatic heterocycles. The normalized spacial score (nSPS) is 30.2. The van der Waals surface area contributed by atoms with Crippen molar-refractivity contribution < 1.29 is 23.8 Å². The Hall–Kier alpha value is -2.72. The monoisotopic (exact) mass is 442 g/mol. The number of para-hydroxylation sites is 1. The second-order valence-electron chi connectivity index (χ2n) is 8.35. The molecule has 0 aliphatic carbocycles. The van der Waals surface area contributed by atoms with E-state index < -0.39 is 30.6 Å². The molecule has 2 bridgehead atoms. The number of urea groups is 1. The molecule has 0 unspecified atom stereocenters. The van der Waals surface area contributed by atoms with E-state index >= 15 is 0 Å². The summed E-state index contributed by atoms with van der Waals surface area (Å²) in [5.41, 5.74) is 1.64. The summed E-state index contributed by atoms with van der Waals surface area (Å²) in [6.45, 7) is 3.46. The first-order chi connectivity index (χ1) is 15.6. The molecule has 0 saturated carbocycles. The van der Waals surface area contributed by atoms with Crippen LogP contribution in [0.5, 0.6) is 0 Å². The van der Waals surface area contributed by atoms with Crippen molar-refractivity contribution in [2.75, 3.05) is 43.0 Å². The van der Waals surface area contributed by atoms with E-state index in [-0.39, 0.29) is 11.9 Å². The molecular formula is C23H27FN4O4. The van der Waals surface area contributed by atoms with Crippen LogP contribution in [-0.4, -0.2) is 79.4 Å². The molecule has 170 valence electrons. The molecule has 3 N–H and O–H groups in total. The van der Waals surface area contributed by atoms with Crippen molar-refractivity contribution in [3.05, 3.63) is 60.4 Å². The highest BCUT2D eigenvalue weighted by molar-refractivity contribution is 5.89. The minimum Gasteiger partial charge on any atom is -0.389 e. The van der Waals surface area contributed by atoms with Gasteiger partial charge in [0.1, 0.15) is 11.9 Å². The van der Waals surface area contributed by atoms with Gasteiger partial charge < -0.3 is 30.1 Å². The average molecular weight is 442 g/mol. The number of nitrogens with zero attached hydrogens (tertiary/aromatic N) is 2. The molecule has 3 aliphatic rings. The SMILES string of the molecule is O=C(Nc1ccc(F)cc1)N[C@H]1[C@H](O)[C@H](N2CCN(c3ccccc3)CC2)[C@@H]2OC[C@@H]1O2. The van der Waals surface area contributed by atoms with Crippen LogP contribution in [0.3, 0.4) is 0 Å². The molecule has 0 aromatic heterocycles. The molecule has 8 nitrogen and oxygen atoms in total. The van der Waals surface area contributed by atoms with Crippen LogP contribution in [0.25, 0.3) is 0 Å². The number of hydrogen-bond donors (Lipinski definition) is 3. The Kier molecular flexibility index (Phi) is 5.97. The maximum atomic E-state index is 13.1. The quantitative estimate of drug-likeness (QED) is 0.667. The van der Waals surface area contributed by atoms with Crippen molar-refractivity contribution in [3.8, 4) is 0 Å². The topological polar surface area (TPSA) is 86.3 Å². The highest BCUT2D eigenvalue weighted by Gasteiger charge is 2.52. The molecule has 3 heterocycles. The number of rotatable bonds is 4. The number of fused-ring (bicyclic) bond motifs is 2. The molecule has 9 heteroatoms. The lowest BCUT2D eigenvalue weighted by Gasteiger charge is -2.47. The summed E-state index contributed by atoms with van der Waals surface area (Å²) in [5.74, 6) is -0.378.